The van der Waals surface area contributed by atoms with E-state index in [0.717, 1.165) is 0 Å². The molecule has 2 N–H and O–H groups in total. The molecule has 0 unspecified atom stereocenters. The van der Waals surface area contributed by atoms with Crippen LogP contribution in [-0.2, 0) is 19.1 Å². The minimum atomic E-state index is -0.0453. The van der Waals surface area contributed by atoms with E-state index in [-0.39, 0.29) is 11.8 Å². The van der Waals surface area contributed by atoms with E-state index in [2.05, 4.69) is 10.9 Å². The molecule has 0 saturated carbocycles. The monoisotopic (exact) mass is 300 g/mol. The van der Waals surface area contributed by atoms with E-state index in [1.54, 1.807) is 0 Å². The van der Waals surface area contributed by atoms with Gasteiger partial charge in [-0.3, -0.25) is 20.4 Å². The van der Waals surface area contributed by atoms with E-state index in [9.17, 15) is 9.59 Å². The molecule has 2 saturated heterocycles. The Kier molecular flexibility index (Phi) is 6.87. The molecule has 0 atom stereocenters. The predicted octanol–water partition coefficient (Wildman–Crippen LogP) is -1.12. The number of nitrogens with one attached hydrogen (secondary N) is 2. The van der Waals surface area contributed by atoms with Gasteiger partial charge >= 0.3 is 0 Å². The molecule has 120 valence electrons. The topological polar surface area (TPSA) is 83.1 Å². The van der Waals surface area contributed by atoms with Crippen LogP contribution in [0.5, 0.6) is 0 Å². The maximum Gasteiger partial charge on any atom is 0.234 e. The van der Waals surface area contributed by atoms with Crippen LogP contribution in [0.2, 0.25) is 0 Å². The Morgan fingerprint density at radius 1 is 0.762 bits per heavy atom. The first-order chi connectivity index (χ1) is 10.2. The van der Waals surface area contributed by atoms with E-state index >= 15 is 0 Å². The fourth-order valence-electron chi connectivity index (χ4n) is 2.22. The maximum absolute atomic E-state index is 11.7. The fraction of sp³-hybridized carbons (Fsp3) is 0.846. The van der Waals surface area contributed by atoms with Crippen LogP contribution in [-0.4, -0.2) is 74.4 Å². The van der Waals surface area contributed by atoms with Gasteiger partial charge in [-0.1, -0.05) is 0 Å². The Morgan fingerprint density at radius 3 is 1.52 bits per heavy atom. The van der Waals surface area contributed by atoms with Gasteiger partial charge in [0.05, 0.1) is 26.4 Å². The third kappa shape index (κ3) is 6.38. The predicted molar refractivity (Wildman–Crippen MR) is 74.9 cm³/mol. The molecule has 0 bridgehead atoms. The Morgan fingerprint density at radius 2 is 1.14 bits per heavy atom. The van der Waals surface area contributed by atoms with E-state index < -0.39 is 0 Å². The fourth-order valence-corrected chi connectivity index (χ4v) is 2.22. The van der Waals surface area contributed by atoms with Crippen molar-refractivity contribution in [2.75, 3.05) is 52.6 Å². The van der Waals surface area contributed by atoms with Gasteiger partial charge in [-0.2, -0.15) is 0 Å². The third-order valence-corrected chi connectivity index (χ3v) is 3.40. The molecule has 2 rings (SSSR count). The summed E-state index contributed by atoms with van der Waals surface area (Å²) < 4.78 is 10.4. The zero-order valence-electron chi connectivity index (χ0n) is 12.3. The van der Waals surface area contributed by atoms with Gasteiger partial charge in [0.2, 0.25) is 11.8 Å². The van der Waals surface area contributed by atoms with Crippen LogP contribution in [0.1, 0.15) is 19.3 Å². The van der Waals surface area contributed by atoms with Crippen molar-refractivity contribution < 1.29 is 19.1 Å². The summed E-state index contributed by atoms with van der Waals surface area (Å²) in [4.78, 5) is 23.5. The van der Waals surface area contributed by atoms with Gasteiger partial charge in [-0.05, 0) is 6.42 Å². The van der Waals surface area contributed by atoms with Crippen molar-refractivity contribution in [1.82, 2.24) is 20.9 Å². The van der Waals surface area contributed by atoms with Crippen LogP contribution in [0.25, 0.3) is 0 Å². The summed E-state index contributed by atoms with van der Waals surface area (Å²) in [7, 11) is 0. The number of carbonyl (C=O) groups excluding carboxylic acids is 2. The summed E-state index contributed by atoms with van der Waals surface area (Å²) in [6, 6.07) is 0. The second-order valence-electron chi connectivity index (χ2n) is 5.12. The number of hydrogen-bond donors (Lipinski definition) is 2. The summed E-state index contributed by atoms with van der Waals surface area (Å²) in [6.07, 6.45) is 1.26. The molecule has 0 aromatic rings. The second-order valence-corrected chi connectivity index (χ2v) is 5.12. The molecule has 2 aliphatic heterocycles. The van der Waals surface area contributed by atoms with Crippen molar-refractivity contribution >= 4 is 11.8 Å². The number of hydrogen-bond acceptors (Lipinski definition) is 6. The summed E-state index contributed by atoms with van der Waals surface area (Å²) >= 11 is 0. The van der Waals surface area contributed by atoms with Gasteiger partial charge in [0.15, 0.2) is 0 Å². The third-order valence-electron chi connectivity index (χ3n) is 3.40. The highest BCUT2D eigenvalue weighted by atomic mass is 16.5. The molecule has 8 nitrogen and oxygen atoms in total. The van der Waals surface area contributed by atoms with Crippen LogP contribution in [0.15, 0.2) is 0 Å². The molecule has 2 heterocycles. The molecule has 0 aliphatic carbocycles. The van der Waals surface area contributed by atoms with Gasteiger partial charge < -0.3 is 9.47 Å². The Bertz CT molecular complexity index is 309. The molecule has 8 heteroatoms. The van der Waals surface area contributed by atoms with Gasteiger partial charge in [-0.15, -0.1) is 0 Å². The van der Waals surface area contributed by atoms with Crippen LogP contribution in [0.4, 0.5) is 0 Å². The van der Waals surface area contributed by atoms with Crippen LogP contribution < -0.4 is 10.9 Å². The van der Waals surface area contributed by atoms with Gasteiger partial charge in [0.25, 0.3) is 0 Å². The summed E-state index contributed by atoms with van der Waals surface area (Å²) in [5.41, 5.74) is 5.66. The Balaban J connectivity index is 1.53. The average molecular weight is 300 g/mol. The standard InChI is InChI=1S/C13H24N4O4/c18-12(14-16-4-8-20-9-5-16)2-1-3-13(19)15-17-6-10-21-11-7-17/h1-11H2,(H,14,18)(H,15,19). The summed E-state index contributed by atoms with van der Waals surface area (Å²) in [5.74, 6) is -0.0906. The molecule has 21 heavy (non-hydrogen) atoms. The first-order valence-electron chi connectivity index (χ1n) is 7.48. The molecule has 0 aromatic heterocycles. The normalized spacial score (nSPS) is 21.0. The minimum Gasteiger partial charge on any atom is -0.379 e. The molecule has 0 aromatic carbocycles. The Hall–Kier alpha value is -1.22. The summed E-state index contributed by atoms with van der Waals surface area (Å²) in [5, 5.41) is 3.72. The molecular formula is C13H24N4O4. The number of morpholine rings is 2. The zero-order valence-corrected chi connectivity index (χ0v) is 12.3. The van der Waals surface area contributed by atoms with Crippen molar-refractivity contribution in [3.8, 4) is 0 Å². The maximum atomic E-state index is 11.7. The SMILES string of the molecule is O=C(CCCC(=O)NN1CCOCC1)NN1CCOCC1. The van der Waals surface area contributed by atoms with Gasteiger partial charge in [0, 0.05) is 39.0 Å². The highest BCUT2D eigenvalue weighted by Gasteiger charge is 2.15. The number of hydrazine groups is 2. The lowest BCUT2D eigenvalue weighted by molar-refractivity contribution is -0.129. The lowest BCUT2D eigenvalue weighted by Crippen LogP contribution is -2.49. The molecule has 2 amide bonds. The smallest absolute Gasteiger partial charge is 0.234 e. The second kappa shape index (κ2) is 8.93. The van der Waals surface area contributed by atoms with Crippen molar-refractivity contribution in [1.29, 1.82) is 0 Å². The van der Waals surface area contributed by atoms with Crippen molar-refractivity contribution in [3.63, 3.8) is 0 Å². The van der Waals surface area contributed by atoms with Crippen LogP contribution in [0.3, 0.4) is 0 Å². The van der Waals surface area contributed by atoms with Crippen molar-refractivity contribution in [3.05, 3.63) is 0 Å². The van der Waals surface area contributed by atoms with E-state index in [1.807, 2.05) is 10.0 Å². The number of rotatable bonds is 6. The quantitative estimate of drug-likeness (QED) is 0.647. The molecule has 0 spiro atoms. The lowest BCUT2D eigenvalue weighted by atomic mass is 10.2. The number of nitrogens with zero attached hydrogens (tertiary/aromatic N) is 2. The van der Waals surface area contributed by atoms with E-state index in [1.165, 1.54) is 0 Å². The van der Waals surface area contributed by atoms with Crippen LogP contribution in [0, 0.1) is 0 Å². The minimum absolute atomic E-state index is 0.0453. The van der Waals surface area contributed by atoms with Gasteiger partial charge in [-0.25, -0.2) is 10.0 Å². The van der Waals surface area contributed by atoms with E-state index in [0.29, 0.717) is 71.9 Å². The highest BCUT2D eigenvalue weighted by Crippen LogP contribution is 1.99. The van der Waals surface area contributed by atoms with Gasteiger partial charge in [0.1, 0.15) is 0 Å². The zero-order chi connectivity index (χ0) is 14.9. The number of amides is 2. The summed E-state index contributed by atoms with van der Waals surface area (Å²) in [6.45, 7) is 5.41. The first-order valence-corrected chi connectivity index (χ1v) is 7.48. The molecule has 0 radical (unpaired) electrons. The Labute approximate surface area is 124 Å². The average Bonchev–Trinajstić information content (AvgIpc) is 2.49. The highest BCUT2D eigenvalue weighted by molar-refractivity contribution is 5.78. The molecular weight excluding hydrogens is 276 g/mol. The molecule has 2 fully saturated rings. The number of ether oxygens (including phenoxy) is 2. The van der Waals surface area contributed by atoms with Crippen molar-refractivity contribution in [2.24, 2.45) is 0 Å². The number of carbonyl (C=O) groups is 2. The van der Waals surface area contributed by atoms with Crippen molar-refractivity contribution in [2.45, 2.75) is 19.3 Å². The largest absolute Gasteiger partial charge is 0.379 e. The first kappa shape index (κ1) is 16.2. The van der Waals surface area contributed by atoms with E-state index in [4.69, 9.17) is 9.47 Å². The lowest BCUT2D eigenvalue weighted by Gasteiger charge is -2.27. The van der Waals surface area contributed by atoms with Crippen LogP contribution >= 0.6 is 0 Å². The molecule has 2 aliphatic rings.